The third-order valence-electron chi connectivity index (χ3n) is 4.48. The van der Waals surface area contributed by atoms with Gasteiger partial charge in [-0.1, -0.05) is 12.8 Å². The average Bonchev–Trinajstić information content (AvgIpc) is 2.64. The van der Waals surface area contributed by atoms with Crippen molar-refractivity contribution in [2.75, 3.05) is 6.61 Å². The summed E-state index contributed by atoms with van der Waals surface area (Å²) < 4.78 is 12.1. The van der Waals surface area contributed by atoms with E-state index in [4.69, 9.17) is 15.2 Å². The van der Waals surface area contributed by atoms with E-state index in [-0.39, 0.29) is 5.60 Å². The molecule has 1 saturated heterocycles. The van der Waals surface area contributed by atoms with Crippen LogP contribution in [0.15, 0.2) is 0 Å². The number of ether oxygens (including phenoxy) is 2. The van der Waals surface area contributed by atoms with Gasteiger partial charge in [-0.25, -0.2) is 0 Å². The highest BCUT2D eigenvalue weighted by Crippen LogP contribution is 2.41. The van der Waals surface area contributed by atoms with Crippen LogP contribution in [0.25, 0.3) is 0 Å². The van der Waals surface area contributed by atoms with Crippen molar-refractivity contribution in [1.82, 2.24) is 0 Å². The van der Waals surface area contributed by atoms with Crippen molar-refractivity contribution in [2.45, 2.75) is 75.2 Å². The second-order valence-electron chi connectivity index (χ2n) is 5.84. The van der Waals surface area contributed by atoms with Crippen LogP contribution in [0, 0.1) is 0 Å². The first-order valence-electron chi connectivity index (χ1n) is 6.81. The zero-order chi connectivity index (χ0) is 11.0. The second kappa shape index (κ2) is 4.28. The zero-order valence-electron chi connectivity index (χ0n) is 9.99. The van der Waals surface area contributed by atoms with Gasteiger partial charge in [-0.2, -0.15) is 0 Å². The summed E-state index contributed by atoms with van der Waals surface area (Å²) in [4.78, 5) is 0. The zero-order valence-corrected chi connectivity index (χ0v) is 9.99. The summed E-state index contributed by atoms with van der Waals surface area (Å²) in [6.45, 7) is 0.892. The SMILES string of the molecule is NC1CC(OC2CCOC3(CCCC3)C2)C1. The molecule has 3 rings (SSSR count). The van der Waals surface area contributed by atoms with E-state index < -0.39 is 0 Å². The lowest BCUT2D eigenvalue weighted by atomic mass is 9.87. The molecule has 0 aromatic carbocycles. The monoisotopic (exact) mass is 225 g/mol. The van der Waals surface area contributed by atoms with Crippen LogP contribution in [0.1, 0.15) is 51.4 Å². The number of rotatable bonds is 2. The summed E-state index contributed by atoms with van der Waals surface area (Å²) in [6, 6.07) is 0.394. The predicted molar refractivity (Wildman–Crippen MR) is 62.3 cm³/mol. The van der Waals surface area contributed by atoms with Gasteiger partial charge in [0.1, 0.15) is 0 Å². The number of hydrogen-bond donors (Lipinski definition) is 1. The molecule has 3 heteroatoms. The van der Waals surface area contributed by atoms with Crippen molar-refractivity contribution in [3.8, 4) is 0 Å². The van der Waals surface area contributed by atoms with Gasteiger partial charge in [-0.05, 0) is 32.1 Å². The van der Waals surface area contributed by atoms with Gasteiger partial charge in [0.15, 0.2) is 0 Å². The summed E-state index contributed by atoms with van der Waals surface area (Å²) in [5.41, 5.74) is 5.97. The molecule has 3 aliphatic rings. The topological polar surface area (TPSA) is 44.5 Å². The highest BCUT2D eigenvalue weighted by molar-refractivity contribution is 4.93. The molecule has 1 heterocycles. The Morgan fingerprint density at radius 3 is 2.56 bits per heavy atom. The molecule has 0 aromatic rings. The van der Waals surface area contributed by atoms with E-state index in [1.807, 2.05) is 0 Å². The molecule has 1 aliphatic heterocycles. The van der Waals surface area contributed by atoms with Crippen molar-refractivity contribution in [3.63, 3.8) is 0 Å². The van der Waals surface area contributed by atoms with Crippen molar-refractivity contribution in [2.24, 2.45) is 5.73 Å². The van der Waals surface area contributed by atoms with E-state index >= 15 is 0 Å². The Morgan fingerprint density at radius 1 is 1.12 bits per heavy atom. The van der Waals surface area contributed by atoms with Crippen LogP contribution in [0.4, 0.5) is 0 Å². The van der Waals surface area contributed by atoms with E-state index in [2.05, 4.69) is 0 Å². The molecule has 0 amide bonds. The molecule has 2 aliphatic carbocycles. The molecule has 16 heavy (non-hydrogen) atoms. The smallest absolute Gasteiger partial charge is 0.0707 e. The highest BCUT2D eigenvalue weighted by Gasteiger charge is 2.41. The van der Waals surface area contributed by atoms with Gasteiger partial charge >= 0.3 is 0 Å². The molecule has 0 radical (unpaired) electrons. The average molecular weight is 225 g/mol. The lowest BCUT2D eigenvalue weighted by Crippen LogP contribution is -2.47. The normalized spacial score (nSPS) is 42.2. The molecule has 1 spiro atoms. The van der Waals surface area contributed by atoms with E-state index in [9.17, 15) is 0 Å². The van der Waals surface area contributed by atoms with Gasteiger partial charge in [0, 0.05) is 19.1 Å². The van der Waals surface area contributed by atoms with E-state index in [0.717, 1.165) is 32.3 Å². The van der Waals surface area contributed by atoms with Gasteiger partial charge < -0.3 is 15.2 Å². The summed E-state index contributed by atoms with van der Waals surface area (Å²) >= 11 is 0. The summed E-state index contributed by atoms with van der Waals surface area (Å²) in [7, 11) is 0. The third-order valence-corrected chi connectivity index (χ3v) is 4.48. The van der Waals surface area contributed by atoms with E-state index in [1.165, 1.54) is 25.7 Å². The van der Waals surface area contributed by atoms with Gasteiger partial charge in [0.25, 0.3) is 0 Å². The number of nitrogens with two attached hydrogens (primary N) is 1. The van der Waals surface area contributed by atoms with Crippen LogP contribution >= 0.6 is 0 Å². The molecule has 2 saturated carbocycles. The van der Waals surface area contributed by atoms with Crippen LogP contribution in [0.5, 0.6) is 0 Å². The van der Waals surface area contributed by atoms with E-state index in [0.29, 0.717) is 18.2 Å². The van der Waals surface area contributed by atoms with Crippen LogP contribution in [-0.2, 0) is 9.47 Å². The fourth-order valence-electron chi connectivity index (χ4n) is 3.46. The minimum absolute atomic E-state index is 0.189. The quantitative estimate of drug-likeness (QED) is 0.781. The van der Waals surface area contributed by atoms with Crippen molar-refractivity contribution in [1.29, 1.82) is 0 Å². The Hall–Kier alpha value is -0.120. The Balaban J connectivity index is 1.52. The largest absolute Gasteiger partial charge is 0.375 e. The van der Waals surface area contributed by atoms with Crippen LogP contribution in [0.3, 0.4) is 0 Å². The van der Waals surface area contributed by atoms with Crippen LogP contribution in [0.2, 0.25) is 0 Å². The first kappa shape index (κ1) is 11.0. The Labute approximate surface area is 97.7 Å². The minimum Gasteiger partial charge on any atom is -0.375 e. The highest BCUT2D eigenvalue weighted by atomic mass is 16.5. The van der Waals surface area contributed by atoms with Gasteiger partial charge in [-0.3, -0.25) is 0 Å². The minimum atomic E-state index is 0.189. The maximum absolute atomic E-state index is 6.12. The predicted octanol–water partition coefficient (Wildman–Crippen LogP) is 1.98. The Kier molecular flexibility index (Phi) is 2.94. The molecule has 92 valence electrons. The Morgan fingerprint density at radius 2 is 1.88 bits per heavy atom. The molecule has 3 fully saturated rings. The molecule has 1 atom stereocenters. The third kappa shape index (κ3) is 2.13. The molecule has 0 aromatic heterocycles. The summed E-state index contributed by atoms with van der Waals surface area (Å²) in [5.74, 6) is 0. The van der Waals surface area contributed by atoms with Crippen molar-refractivity contribution >= 4 is 0 Å². The summed E-state index contributed by atoms with van der Waals surface area (Å²) in [5, 5.41) is 0. The standard InChI is InChI=1S/C13H23NO2/c14-10-7-12(8-10)16-11-3-6-15-13(9-11)4-1-2-5-13/h10-12H,1-9,14H2. The van der Waals surface area contributed by atoms with Gasteiger partial charge in [0.2, 0.25) is 0 Å². The van der Waals surface area contributed by atoms with Crippen molar-refractivity contribution in [3.05, 3.63) is 0 Å². The maximum Gasteiger partial charge on any atom is 0.0707 e. The first-order chi connectivity index (χ1) is 7.76. The maximum atomic E-state index is 6.12. The molecule has 3 nitrogen and oxygen atoms in total. The lowest BCUT2D eigenvalue weighted by Gasteiger charge is -2.42. The van der Waals surface area contributed by atoms with Gasteiger partial charge in [-0.15, -0.1) is 0 Å². The molecule has 2 N–H and O–H groups in total. The van der Waals surface area contributed by atoms with Crippen LogP contribution in [-0.4, -0.2) is 30.5 Å². The molecule has 1 unspecified atom stereocenters. The number of hydrogen-bond acceptors (Lipinski definition) is 3. The fraction of sp³-hybridized carbons (Fsp3) is 1.00. The molecular weight excluding hydrogens is 202 g/mol. The van der Waals surface area contributed by atoms with E-state index in [1.54, 1.807) is 0 Å². The van der Waals surface area contributed by atoms with Crippen molar-refractivity contribution < 1.29 is 9.47 Å². The lowest BCUT2D eigenvalue weighted by molar-refractivity contribution is -0.157. The fourth-order valence-corrected chi connectivity index (χ4v) is 3.46. The Bertz CT molecular complexity index is 244. The first-order valence-corrected chi connectivity index (χ1v) is 6.81. The molecule has 0 bridgehead atoms. The van der Waals surface area contributed by atoms with Gasteiger partial charge in [0.05, 0.1) is 17.8 Å². The summed E-state index contributed by atoms with van der Waals surface area (Å²) in [6.07, 6.45) is 10.4. The molecular formula is C13H23NO2. The van der Waals surface area contributed by atoms with Crippen LogP contribution < -0.4 is 5.73 Å². The second-order valence-corrected chi connectivity index (χ2v) is 5.84.